The third-order valence-electron chi connectivity index (χ3n) is 0.828. The molecule has 0 aromatic carbocycles. The topological polar surface area (TPSA) is 38.3 Å². The number of carbonyl (C=O) groups is 1. The third-order valence-corrected chi connectivity index (χ3v) is 0.828. The lowest BCUT2D eigenvalue weighted by Gasteiger charge is -2.01. The molecule has 0 aliphatic heterocycles. The number of hydrogen-bond donors (Lipinski definition) is 1. The van der Waals surface area contributed by atoms with E-state index in [9.17, 15) is 4.79 Å². The number of ether oxygens (including phenoxy) is 1. The Labute approximate surface area is 61.1 Å². The maximum absolute atomic E-state index is 10.6. The summed E-state index contributed by atoms with van der Waals surface area (Å²) in [5.74, 6) is 0. The normalized spacial score (nSPS) is 8.50. The number of rotatable bonds is 4. The predicted octanol–water partition coefficient (Wildman–Crippen LogP) is 1.31. The second kappa shape index (κ2) is 6.13. The Kier molecular flexibility index (Phi) is 5.53. The van der Waals surface area contributed by atoms with Gasteiger partial charge < -0.3 is 10.1 Å². The summed E-state index contributed by atoms with van der Waals surface area (Å²) in [6.45, 7) is 6.32. The first-order chi connectivity index (χ1) is 4.81. The zero-order valence-electron chi connectivity index (χ0n) is 6.22. The highest BCUT2D eigenvalue weighted by atomic mass is 16.5. The highest BCUT2D eigenvalue weighted by Gasteiger charge is 1.95. The molecular formula is C7H13NO2. The minimum Gasteiger partial charge on any atom is -0.450 e. The van der Waals surface area contributed by atoms with Crippen LogP contribution in [0.2, 0.25) is 0 Å². The van der Waals surface area contributed by atoms with Gasteiger partial charge in [0.25, 0.3) is 0 Å². The van der Waals surface area contributed by atoms with Crippen LogP contribution >= 0.6 is 0 Å². The summed E-state index contributed by atoms with van der Waals surface area (Å²) in [7, 11) is 0. The van der Waals surface area contributed by atoms with Crippen LogP contribution in [0.4, 0.5) is 4.79 Å². The standard InChI is InChI=1S/C7H13NO2/c1-3-5-8-7(9)10-6-4-2/h3H,1,4-6H2,2H3,(H,8,9). The van der Waals surface area contributed by atoms with Crippen molar-refractivity contribution in [3.8, 4) is 0 Å². The minimum absolute atomic E-state index is 0.373. The quantitative estimate of drug-likeness (QED) is 0.602. The van der Waals surface area contributed by atoms with E-state index < -0.39 is 0 Å². The van der Waals surface area contributed by atoms with Crippen LogP contribution in [0.5, 0.6) is 0 Å². The van der Waals surface area contributed by atoms with Crippen LogP contribution in [0.25, 0.3) is 0 Å². The molecule has 0 saturated carbocycles. The van der Waals surface area contributed by atoms with E-state index in [-0.39, 0.29) is 6.09 Å². The van der Waals surface area contributed by atoms with Gasteiger partial charge >= 0.3 is 6.09 Å². The molecule has 3 heteroatoms. The van der Waals surface area contributed by atoms with E-state index in [0.29, 0.717) is 13.2 Å². The Bertz CT molecular complexity index is 112. The summed E-state index contributed by atoms with van der Waals surface area (Å²) in [4.78, 5) is 10.6. The van der Waals surface area contributed by atoms with Gasteiger partial charge in [0, 0.05) is 6.54 Å². The van der Waals surface area contributed by atoms with Crippen LogP contribution in [-0.4, -0.2) is 19.2 Å². The predicted molar refractivity (Wildman–Crippen MR) is 39.8 cm³/mol. The lowest BCUT2D eigenvalue weighted by Crippen LogP contribution is -2.24. The monoisotopic (exact) mass is 143 g/mol. The molecule has 0 atom stereocenters. The molecule has 3 nitrogen and oxygen atoms in total. The number of alkyl carbamates (subject to hydrolysis) is 1. The Morgan fingerprint density at radius 3 is 3.00 bits per heavy atom. The maximum Gasteiger partial charge on any atom is 0.407 e. The summed E-state index contributed by atoms with van der Waals surface area (Å²) in [6, 6.07) is 0. The van der Waals surface area contributed by atoms with Gasteiger partial charge in [0.1, 0.15) is 0 Å². The Balaban J connectivity index is 3.16. The van der Waals surface area contributed by atoms with Gasteiger partial charge in [-0.15, -0.1) is 6.58 Å². The molecular weight excluding hydrogens is 130 g/mol. The first-order valence-corrected chi connectivity index (χ1v) is 3.32. The van der Waals surface area contributed by atoms with Crippen molar-refractivity contribution in [2.24, 2.45) is 0 Å². The molecule has 0 radical (unpaired) electrons. The Morgan fingerprint density at radius 2 is 2.50 bits per heavy atom. The van der Waals surface area contributed by atoms with E-state index in [4.69, 9.17) is 4.74 Å². The minimum atomic E-state index is -0.373. The molecule has 58 valence electrons. The van der Waals surface area contributed by atoms with Gasteiger partial charge in [0.05, 0.1) is 6.61 Å². The van der Waals surface area contributed by atoms with Crippen molar-refractivity contribution in [2.45, 2.75) is 13.3 Å². The van der Waals surface area contributed by atoms with Crippen molar-refractivity contribution in [3.63, 3.8) is 0 Å². The van der Waals surface area contributed by atoms with E-state index in [1.807, 2.05) is 6.92 Å². The van der Waals surface area contributed by atoms with Gasteiger partial charge in [-0.3, -0.25) is 0 Å². The zero-order chi connectivity index (χ0) is 7.82. The van der Waals surface area contributed by atoms with Crippen molar-refractivity contribution in [1.29, 1.82) is 0 Å². The fourth-order valence-electron chi connectivity index (χ4n) is 0.401. The summed E-state index contributed by atoms with van der Waals surface area (Å²) in [5, 5.41) is 2.49. The average Bonchev–Trinajstić information content (AvgIpc) is 1.97. The van der Waals surface area contributed by atoms with Crippen LogP contribution in [-0.2, 0) is 4.74 Å². The van der Waals surface area contributed by atoms with E-state index in [0.717, 1.165) is 6.42 Å². The second-order valence-corrected chi connectivity index (χ2v) is 1.81. The van der Waals surface area contributed by atoms with E-state index in [1.165, 1.54) is 0 Å². The summed E-state index contributed by atoms with van der Waals surface area (Å²) >= 11 is 0. The molecule has 0 aromatic heterocycles. The molecule has 0 aliphatic carbocycles. The SMILES string of the molecule is C=CCNC(=O)OCCC. The summed E-state index contributed by atoms with van der Waals surface area (Å²) < 4.78 is 4.70. The van der Waals surface area contributed by atoms with Gasteiger partial charge in [0.15, 0.2) is 0 Å². The number of carbonyl (C=O) groups excluding carboxylic acids is 1. The molecule has 0 fully saturated rings. The van der Waals surface area contributed by atoms with Crippen LogP contribution in [0.15, 0.2) is 12.7 Å². The van der Waals surface area contributed by atoms with Crippen molar-refractivity contribution >= 4 is 6.09 Å². The largest absolute Gasteiger partial charge is 0.450 e. The van der Waals surface area contributed by atoms with Gasteiger partial charge in [-0.2, -0.15) is 0 Å². The smallest absolute Gasteiger partial charge is 0.407 e. The fraction of sp³-hybridized carbons (Fsp3) is 0.571. The van der Waals surface area contributed by atoms with Crippen molar-refractivity contribution in [1.82, 2.24) is 5.32 Å². The summed E-state index contributed by atoms with van der Waals surface area (Å²) in [6.07, 6.45) is 2.08. The Hall–Kier alpha value is -0.990. The molecule has 0 aliphatic rings. The van der Waals surface area contributed by atoms with E-state index >= 15 is 0 Å². The fourth-order valence-corrected chi connectivity index (χ4v) is 0.401. The lowest BCUT2D eigenvalue weighted by atomic mass is 10.5. The van der Waals surface area contributed by atoms with Gasteiger partial charge in [-0.05, 0) is 6.42 Å². The number of amides is 1. The molecule has 0 heterocycles. The maximum atomic E-state index is 10.6. The van der Waals surface area contributed by atoms with Crippen molar-refractivity contribution in [2.75, 3.05) is 13.2 Å². The van der Waals surface area contributed by atoms with Crippen molar-refractivity contribution in [3.05, 3.63) is 12.7 Å². The van der Waals surface area contributed by atoms with Crippen LogP contribution in [0.1, 0.15) is 13.3 Å². The summed E-state index contributed by atoms with van der Waals surface area (Å²) in [5.41, 5.74) is 0. The zero-order valence-corrected chi connectivity index (χ0v) is 6.22. The van der Waals surface area contributed by atoms with Gasteiger partial charge in [0.2, 0.25) is 0 Å². The molecule has 0 unspecified atom stereocenters. The molecule has 0 aromatic rings. The number of nitrogens with one attached hydrogen (secondary N) is 1. The lowest BCUT2D eigenvalue weighted by molar-refractivity contribution is 0.147. The van der Waals surface area contributed by atoms with Crippen molar-refractivity contribution < 1.29 is 9.53 Å². The third kappa shape index (κ3) is 5.15. The van der Waals surface area contributed by atoms with Gasteiger partial charge in [-0.1, -0.05) is 13.0 Å². The van der Waals surface area contributed by atoms with Crippen LogP contribution in [0.3, 0.4) is 0 Å². The van der Waals surface area contributed by atoms with Gasteiger partial charge in [-0.25, -0.2) is 4.79 Å². The number of hydrogen-bond acceptors (Lipinski definition) is 2. The molecule has 0 saturated heterocycles. The van der Waals surface area contributed by atoms with E-state index in [2.05, 4.69) is 11.9 Å². The highest BCUT2D eigenvalue weighted by Crippen LogP contribution is 1.80. The molecule has 1 amide bonds. The molecule has 0 spiro atoms. The average molecular weight is 143 g/mol. The highest BCUT2D eigenvalue weighted by molar-refractivity contribution is 5.67. The van der Waals surface area contributed by atoms with Crippen LogP contribution < -0.4 is 5.32 Å². The first kappa shape index (κ1) is 9.01. The first-order valence-electron chi connectivity index (χ1n) is 3.32. The van der Waals surface area contributed by atoms with E-state index in [1.54, 1.807) is 6.08 Å². The molecule has 0 bridgehead atoms. The molecule has 0 rings (SSSR count). The Morgan fingerprint density at radius 1 is 1.80 bits per heavy atom. The van der Waals surface area contributed by atoms with Crippen LogP contribution in [0, 0.1) is 0 Å². The second-order valence-electron chi connectivity index (χ2n) is 1.81. The molecule has 1 N–H and O–H groups in total. The molecule has 10 heavy (non-hydrogen) atoms.